The lowest BCUT2D eigenvalue weighted by molar-refractivity contribution is -0.300. The highest BCUT2D eigenvalue weighted by Crippen LogP contribution is 2.39. The van der Waals surface area contributed by atoms with Gasteiger partial charge >= 0.3 is 17.9 Å². The summed E-state index contributed by atoms with van der Waals surface area (Å²) < 4.78 is 27.9. The molecule has 1 fully saturated rings. The second-order valence-corrected chi connectivity index (χ2v) is 9.07. The van der Waals surface area contributed by atoms with Crippen molar-refractivity contribution in [3.8, 4) is 0 Å². The van der Waals surface area contributed by atoms with E-state index in [1.165, 1.54) is 34.8 Å². The van der Waals surface area contributed by atoms with Crippen molar-refractivity contribution in [2.75, 3.05) is 7.11 Å². The number of benzene rings is 2. The Labute approximate surface area is 219 Å². The van der Waals surface area contributed by atoms with Gasteiger partial charge in [0, 0.05) is 38.5 Å². The van der Waals surface area contributed by atoms with Gasteiger partial charge in [-0.05, 0) is 36.1 Å². The summed E-state index contributed by atoms with van der Waals surface area (Å²) in [5, 5.41) is 0.497. The van der Waals surface area contributed by atoms with Gasteiger partial charge in [0.2, 0.25) is 0 Å². The fourth-order valence-corrected chi connectivity index (χ4v) is 4.40. The van der Waals surface area contributed by atoms with Gasteiger partial charge in [-0.1, -0.05) is 48.0 Å². The first-order valence-corrected chi connectivity index (χ1v) is 12.0. The Kier molecular flexibility index (Phi) is 9.42. The zero-order valence-corrected chi connectivity index (χ0v) is 21.9. The molecule has 0 radical (unpaired) electrons. The molecule has 1 aliphatic heterocycles. The van der Waals surface area contributed by atoms with Gasteiger partial charge in [0.05, 0.1) is 0 Å². The van der Waals surface area contributed by atoms with Crippen LogP contribution in [0, 0.1) is 0 Å². The molecule has 9 nitrogen and oxygen atoms in total. The third kappa shape index (κ3) is 7.15. The van der Waals surface area contributed by atoms with Gasteiger partial charge in [-0.15, -0.1) is 0 Å². The molecule has 2 aromatic carbocycles. The van der Waals surface area contributed by atoms with Crippen LogP contribution in [-0.2, 0) is 44.5 Å². The minimum absolute atomic E-state index is 0.0281. The predicted molar refractivity (Wildman–Crippen MR) is 132 cm³/mol. The van der Waals surface area contributed by atoms with Crippen LogP contribution in [0.25, 0.3) is 0 Å². The Morgan fingerprint density at radius 3 is 1.92 bits per heavy atom. The van der Waals surface area contributed by atoms with Crippen LogP contribution in [0.1, 0.15) is 60.8 Å². The van der Waals surface area contributed by atoms with Crippen LogP contribution in [0.3, 0.4) is 0 Å². The topological polar surface area (TPSA) is 114 Å². The number of ketones is 1. The quantitative estimate of drug-likeness (QED) is 0.283. The van der Waals surface area contributed by atoms with E-state index in [9.17, 15) is 19.2 Å². The number of methoxy groups -OCH3 is 1. The summed E-state index contributed by atoms with van der Waals surface area (Å²) in [6.45, 7) is 5.10. The lowest BCUT2D eigenvalue weighted by Crippen LogP contribution is -2.58. The molecular formula is C27H29ClO9. The second-order valence-electron chi connectivity index (χ2n) is 8.66. The molecule has 0 saturated carbocycles. The molecule has 37 heavy (non-hydrogen) atoms. The van der Waals surface area contributed by atoms with Gasteiger partial charge in [0.25, 0.3) is 0 Å². The minimum atomic E-state index is -1.20. The fraction of sp³-hybridized carbons (Fsp3) is 0.407. The van der Waals surface area contributed by atoms with E-state index in [-0.39, 0.29) is 5.78 Å². The number of hydrogen-bond acceptors (Lipinski definition) is 9. The Hall–Kier alpha value is -3.27. The number of ether oxygens (including phenoxy) is 5. The maximum Gasteiger partial charge on any atom is 0.303 e. The van der Waals surface area contributed by atoms with Crippen molar-refractivity contribution in [1.82, 2.24) is 0 Å². The molecule has 1 saturated heterocycles. The van der Waals surface area contributed by atoms with E-state index in [1.807, 2.05) is 12.1 Å². The molecule has 0 spiro atoms. The zero-order chi connectivity index (χ0) is 27.3. The normalized spacial score (nSPS) is 23.1. The molecule has 1 aliphatic rings. The Morgan fingerprint density at radius 2 is 1.38 bits per heavy atom. The highest BCUT2D eigenvalue weighted by molar-refractivity contribution is 6.31. The van der Waals surface area contributed by atoms with Crippen LogP contribution in [0.4, 0.5) is 0 Å². The Balaban J connectivity index is 2.01. The first-order valence-electron chi connectivity index (χ1n) is 11.6. The van der Waals surface area contributed by atoms with Crippen LogP contribution >= 0.6 is 11.6 Å². The SMILES string of the molecule is CO[C@H]1O[C@@H](c2ccc(Cl)c(Cc3ccc(C(C)=O)cc3)c2)[C@H](OC(C)=O)[C@@H](OC(C)=O)[C@@H]1OC(C)=O. The number of Topliss-reactive ketones (excluding diaryl/α,β-unsaturated/α-hetero) is 1. The largest absolute Gasteiger partial charge is 0.455 e. The maximum atomic E-state index is 12.0. The van der Waals surface area contributed by atoms with Crippen LogP contribution in [-0.4, -0.2) is 55.4 Å². The van der Waals surface area contributed by atoms with E-state index in [1.54, 1.807) is 30.3 Å². The van der Waals surface area contributed by atoms with Crippen molar-refractivity contribution >= 4 is 35.3 Å². The van der Waals surface area contributed by atoms with Crippen molar-refractivity contribution < 1.29 is 42.9 Å². The van der Waals surface area contributed by atoms with Gasteiger partial charge in [0.1, 0.15) is 6.10 Å². The first-order chi connectivity index (χ1) is 17.5. The standard InChI is InChI=1S/C27H29ClO9/c1-14(29)19-8-6-18(7-9-19)12-21-13-20(10-11-22(21)28)23-24(34-15(2)30)25(35-16(3)31)26(36-17(4)32)27(33-5)37-23/h6-11,13,23-27H,12H2,1-5H3/t23-,24-,25+,26-,27-/m0/s1. The van der Waals surface area contributed by atoms with Crippen molar-refractivity contribution in [3.05, 3.63) is 69.7 Å². The third-order valence-electron chi connectivity index (χ3n) is 5.79. The van der Waals surface area contributed by atoms with Crippen molar-refractivity contribution in [2.24, 2.45) is 0 Å². The summed E-state index contributed by atoms with van der Waals surface area (Å²) in [4.78, 5) is 47.4. The second kappa shape index (κ2) is 12.3. The molecule has 0 bridgehead atoms. The molecule has 2 aromatic rings. The minimum Gasteiger partial charge on any atom is -0.455 e. The number of carbonyl (C=O) groups excluding carboxylic acids is 4. The summed E-state index contributed by atoms with van der Waals surface area (Å²) >= 11 is 6.49. The molecule has 1 heterocycles. The summed E-state index contributed by atoms with van der Waals surface area (Å²) in [5.41, 5.74) is 2.85. The van der Waals surface area contributed by atoms with Gasteiger partial charge in [-0.3, -0.25) is 19.2 Å². The average Bonchev–Trinajstić information content (AvgIpc) is 2.82. The summed E-state index contributed by atoms with van der Waals surface area (Å²) in [6, 6.07) is 12.4. The smallest absolute Gasteiger partial charge is 0.303 e. The predicted octanol–water partition coefficient (Wildman–Crippen LogP) is 3.97. The van der Waals surface area contributed by atoms with Gasteiger partial charge in [-0.2, -0.15) is 0 Å². The molecule has 0 unspecified atom stereocenters. The number of halogens is 1. The summed E-state index contributed by atoms with van der Waals surface area (Å²) in [5.74, 6) is -1.99. The molecule has 3 rings (SSSR count). The number of hydrogen-bond donors (Lipinski definition) is 0. The molecule has 5 atom stereocenters. The van der Waals surface area contributed by atoms with Gasteiger partial charge < -0.3 is 23.7 Å². The average molecular weight is 533 g/mol. The lowest BCUT2D eigenvalue weighted by Gasteiger charge is -2.44. The van der Waals surface area contributed by atoms with Gasteiger partial charge in [-0.25, -0.2) is 0 Å². The van der Waals surface area contributed by atoms with Crippen LogP contribution in [0.5, 0.6) is 0 Å². The first kappa shape index (κ1) is 28.3. The zero-order valence-electron chi connectivity index (χ0n) is 21.2. The lowest BCUT2D eigenvalue weighted by atomic mass is 9.91. The van der Waals surface area contributed by atoms with E-state index >= 15 is 0 Å². The number of esters is 3. The highest BCUT2D eigenvalue weighted by Gasteiger charge is 2.52. The van der Waals surface area contributed by atoms with E-state index < -0.39 is 48.6 Å². The Morgan fingerprint density at radius 1 is 0.811 bits per heavy atom. The molecule has 0 aromatic heterocycles. The van der Waals surface area contributed by atoms with Crippen molar-refractivity contribution in [1.29, 1.82) is 0 Å². The third-order valence-corrected chi connectivity index (χ3v) is 6.16. The van der Waals surface area contributed by atoms with Crippen LogP contribution in [0.2, 0.25) is 5.02 Å². The molecule has 0 N–H and O–H groups in total. The number of carbonyl (C=O) groups is 4. The van der Waals surface area contributed by atoms with Gasteiger partial charge in [0.15, 0.2) is 30.4 Å². The number of rotatable bonds is 8. The monoisotopic (exact) mass is 532 g/mol. The molecule has 198 valence electrons. The summed E-state index contributed by atoms with van der Waals surface area (Å²) in [7, 11) is 1.35. The fourth-order valence-electron chi connectivity index (χ4n) is 4.22. The highest BCUT2D eigenvalue weighted by atomic mass is 35.5. The summed E-state index contributed by atoms with van der Waals surface area (Å²) in [6.07, 6.45) is -5.15. The van der Waals surface area contributed by atoms with E-state index in [4.69, 9.17) is 35.3 Å². The van der Waals surface area contributed by atoms with E-state index in [0.29, 0.717) is 22.6 Å². The van der Waals surface area contributed by atoms with E-state index in [0.717, 1.165) is 11.1 Å². The molecule has 0 aliphatic carbocycles. The van der Waals surface area contributed by atoms with Crippen molar-refractivity contribution in [2.45, 2.75) is 64.8 Å². The van der Waals surface area contributed by atoms with Crippen molar-refractivity contribution in [3.63, 3.8) is 0 Å². The molecule has 0 amide bonds. The maximum absolute atomic E-state index is 12.0. The van der Waals surface area contributed by atoms with E-state index in [2.05, 4.69) is 0 Å². The molecule has 10 heteroatoms. The van der Waals surface area contributed by atoms with Crippen LogP contribution < -0.4 is 0 Å². The Bertz CT molecular complexity index is 1160. The molecular weight excluding hydrogens is 504 g/mol. The van der Waals surface area contributed by atoms with Crippen LogP contribution in [0.15, 0.2) is 42.5 Å².